The molecule has 0 unspecified atom stereocenters. The van der Waals surface area contributed by atoms with Gasteiger partial charge in [0.1, 0.15) is 17.2 Å². The molecule has 2 atom stereocenters. The largest absolute Gasteiger partial charge is 0.487 e. The lowest BCUT2D eigenvalue weighted by atomic mass is 9.85. The van der Waals surface area contributed by atoms with Crippen LogP contribution in [0, 0.1) is 11.2 Å². The van der Waals surface area contributed by atoms with Crippen molar-refractivity contribution in [1.82, 2.24) is 20.5 Å². The van der Waals surface area contributed by atoms with Gasteiger partial charge < -0.3 is 15.4 Å². The van der Waals surface area contributed by atoms with E-state index < -0.39 is 23.0 Å². The third kappa shape index (κ3) is 5.66. The highest BCUT2D eigenvalue weighted by Crippen LogP contribution is 2.40. The number of hydrogen-bond acceptors (Lipinski definition) is 5. The topological polar surface area (TPSA) is 107 Å². The molecule has 2 aliphatic heterocycles. The molecule has 0 aliphatic carbocycles. The first-order valence-corrected chi connectivity index (χ1v) is 14.0. The Bertz CT molecular complexity index is 1470. The highest BCUT2D eigenvalue weighted by atomic mass is 19.1. The van der Waals surface area contributed by atoms with E-state index in [0.717, 1.165) is 17.5 Å². The molecule has 1 saturated heterocycles. The van der Waals surface area contributed by atoms with Gasteiger partial charge in [0.05, 0.1) is 24.7 Å². The maximum absolute atomic E-state index is 14.4. The lowest BCUT2D eigenvalue weighted by Gasteiger charge is -2.45. The monoisotopic (exact) mass is 557 g/mol. The van der Waals surface area contributed by atoms with Crippen LogP contribution >= 0.6 is 0 Å². The van der Waals surface area contributed by atoms with E-state index in [0.29, 0.717) is 36.0 Å². The fourth-order valence-corrected chi connectivity index (χ4v) is 5.90. The summed E-state index contributed by atoms with van der Waals surface area (Å²) >= 11 is 0. The summed E-state index contributed by atoms with van der Waals surface area (Å²) in [6, 6.07) is 14.8. The summed E-state index contributed by atoms with van der Waals surface area (Å²) in [7, 11) is 0. The fourth-order valence-electron chi connectivity index (χ4n) is 5.90. The van der Waals surface area contributed by atoms with E-state index in [1.807, 2.05) is 52.0 Å². The quantitative estimate of drug-likeness (QED) is 0.348. The molecule has 9 heteroatoms. The molecule has 214 valence electrons. The fraction of sp³-hybridized carbons (Fsp3) is 0.375. The molecule has 0 saturated carbocycles. The van der Waals surface area contributed by atoms with Gasteiger partial charge in [-0.25, -0.2) is 4.39 Å². The molecule has 3 heterocycles. The Kier molecular flexibility index (Phi) is 7.55. The molecule has 2 aromatic carbocycles. The highest BCUT2D eigenvalue weighted by Gasteiger charge is 2.43. The molecule has 0 radical (unpaired) electrons. The number of guanidine groups is 1. The number of para-hydroxylation sites is 1. The van der Waals surface area contributed by atoms with Crippen molar-refractivity contribution >= 4 is 17.8 Å². The van der Waals surface area contributed by atoms with E-state index in [4.69, 9.17) is 10.1 Å². The predicted molar refractivity (Wildman–Crippen MR) is 154 cm³/mol. The third-order valence-corrected chi connectivity index (χ3v) is 8.18. The Morgan fingerprint density at radius 1 is 1.15 bits per heavy atom. The molecule has 1 fully saturated rings. The maximum Gasteiger partial charge on any atom is 0.251 e. The average Bonchev–Trinajstić information content (AvgIpc) is 2.94. The summed E-state index contributed by atoms with van der Waals surface area (Å²) in [5, 5.41) is 15.2. The number of pyridine rings is 1. The first-order chi connectivity index (χ1) is 19.5. The van der Waals surface area contributed by atoms with Gasteiger partial charge in [-0.1, -0.05) is 44.2 Å². The minimum atomic E-state index is -0.854. The zero-order chi connectivity index (χ0) is 29.4. The lowest BCUT2D eigenvalue weighted by molar-refractivity contribution is -0.132. The lowest BCUT2D eigenvalue weighted by Crippen LogP contribution is -2.62. The molecule has 8 nitrogen and oxygen atoms in total. The number of hydrogen-bond donors (Lipinski definition) is 3. The van der Waals surface area contributed by atoms with E-state index >= 15 is 0 Å². The maximum atomic E-state index is 14.4. The number of halogens is 1. The molecule has 0 spiro atoms. The summed E-state index contributed by atoms with van der Waals surface area (Å²) in [5.41, 5.74) is 1.30. The van der Waals surface area contributed by atoms with E-state index in [1.165, 1.54) is 17.2 Å². The highest BCUT2D eigenvalue weighted by molar-refractivity contribution is 6.00. The van der Waals surface area contributed by atoms with E-state index in [-0.39, 0.29) is 30.2 Å². The molecule has 41 heavy (non-hydrogen) atoms. The number of nitrogens with zero attached hydrogens (tertiary/aromatic N) is 2. The first-order valence-electron chi connectivity index (χ1n) is 14.0. The van der Waals surface area contributed by atoms with Gasteiger partial charge in [-0.3, -0.25) is 24.9 Å². The molecular formula is C32H36FN5O3. The minimum absolute atomic E-state index is 0.0601. The van der Waals surface area contributed by atoms with Gasteiger partial charge in [0.15, 0.2) is 5.96 Å². The van der Waals surface area contributed by atoms with E-state index in [1.54, 1.807) is 24.3 Å². The van der Waals surface area contributed by atoms with Gasteiger partial charge in [0, 0.05) is 34.8 Å². The summed E-state index contributed by atoms with van der Waals surface area (Å²) in [6.07, 6.45) is 4.73. The van der Waals surface area contributed by atoms with Crippen LogP contribution in [0.2, 0.25) is 0 Å². The van der Waals surface area contributed by atoms with Crippen LogP contribution in [-0.2, 0) is 4.79 Å². The van der Waals surface area contributed by atoms with Crippen molar-refractivity contribution in [3.63, 3.8) is 0 Å². The summed E-state index contributed by atoms with van der Waals surface area (Å²) in [4.78, 5) is 32.6. The standard InChI is InChI=1S/C32H36FN5O3/c1-5-32(6-2)17-27(39)38(30(34)37-32)28(22-15-23(33)19-35-18-22)20-10-9-11-21(14-20)29(40)36-25-16-31(3,4)41-26-13-8-7-12-24(25)26/h7-15,18-19,25,28H,5-6,16-17H2,1-4H3,(H2,34,37)(H,36,40)/t25-,28+/m0/s1. The normalized spacial score (nSPS) is 19.9. The molecular weight excluding hydrogens is 521 g/mol. The van der Waals surface area contributed by atoms with Crippen LogP contribution < -0.4 is 15.4 Å². The number of benzene rings is 2. The average molecular weight is 558 g/mol. The van der Waals surface area contributed by atoms with Crippen LogP contribution in [0.15, 0.2) is 67.0 Å². The first kappa shape index (κ1) is 28.3. The van der Waals surface area contributed by atoms with Gasteiger partial charge in [-0.2, -0.15) is 0 Å². The second-order valence-corrected chi connectivity index (χ2v) is 11.5. The van der Waals surface area contributed by atoms with Crippen molar-refractivity contribution in [1.29, 1.82) is 5.41 Å². The Morgan fingerprint density at radius 2 is 1.90 bits per heavy atom. The molecule has 2 amide bonds. The number of aromatic nitrogens is 1. The second-order valence-electron chi connectivity index (χ2n) is 11.5. The predicted octanol–water partition coefficient (Wildman–Crippen LogP) is 5.66. The van der Waals surface area contributed by atoms with Crippen molar-refractivity contribution in [3.05, 3.63) is 95.1 Å². The molecule has 0 bridgehead atoms. The number of ether oxygens (including phenoxy) is 1. The molecule has 5 rings (SSSR count). The number of fused-ring (bicyclic) bond motifs is 1. The van der Waals surface area contributed by atoms with Crippen LogP contribution in [0.3, 0.4) is 0 Å². The summed E-state index contributed by atoms with van der Waals surface area (Å²) in [6.45, 7) is 7.96. The second kappa shape index (κ2) is 11.0. The van der Waals surface area contributed by atoms with Gasteiger partial charge >= 0.3 is 0 Å². The molecule has 3 N–H and O–H groups in total. The molecule has 3 aromatic rings. The summed E-state index contributed by atoms with van der Waals surface area (Å²) < 4.78 is 20.5. The number of amides is 2. The zero-order valence-electron chi connectivity index (χ0n) is 23.8. The van der Waals surface area contributed by atoms with Crippen molar-refractivity contribution in [3.8, 4) is 5.75 Å². The van der Waals surface area contributed by atoms with Crippen LogP contribution in [0.4, 0.5) is 4.39 Å². The van der Waals surface area contributed by atoms with Gasteiger partial charge in [0.25, 0.3) is 5.91 Å². The van der Waals surface area contributed by atoms with Crippen molar-refractivity contribution in [2.75, 3.05) is 0 Å². The SMILES string of the molecule is CCC1(CC)CC(=O)N([C@@H](c2cncc(F)c2)c2cccc(C(=O)N[C@H]3CC(C)(C)Oc4ccccc43)c2)C(=N)N1. The minimum Gasteiger partial charge on any atom is -0.487 e. The Hall–Kier alpha value is -4.27. The number of carbonyl (C=O) groups is 2. The van der Waals surface area contributed by atoms with Crippen LogP contribution in [0.25, 0.3) is 0 Å². The smallest absolute Gasteiger partial charge is 0.251 e. The third-order valence-electron chi connectivity index (χ3n) is 8.18. The van der Waals surface area contributed by atoms with Crippen molar-refractivity contribution in [2.45, 2.75) is 76.6 Å². The van der Waals surface area contributed by atoms with Crippen molar-refractivity contribution < 1.29 is 18.7 Å². The van der Waals surface area contributed by atoms with Gasteiger partial charge in [-0.05, 0) is 56.5 Å². The summed E-state index contributed by atoms with van der Waals surface area (Å²) in [5.74, 6) is -0.402. The molecule has 2 aliphatic rings. The Morgan fingerprint density at radius 3 is 2.61 bits per heavy atom. The van der Waals surface area contributed by atoms with E-state index in [2.05, 4.69) is 15.6 Å². The van der Waals surface area contributed by atoms with Crippen LogP contribution in [0.1, 0.15) is 92.5 Å². The number of carbonyl (C=O) groups excluding carboxylic acids is 2. The zero-order valence-corrected chi connectivity index (χ0v) is 23.8. The Labute approximate surface area is 239 Å². The van der Waals surface area contributed by atoms with Gasteiger partial charge in [-0.15, -0.1) is 0 Å². The van der Waals surface area contributed by atoms with Crippen molar-refractivity contribution in [2.24, 2.45) is 0 Å². The molecule has 1 aromatic heterocycles. The Balaban J connectivity index is 1.49. The van der Waals surface area contributed by atoms with Crippen LogP contribution in [-0.4, -0.2) is 38.8 Å². The van der Waals surface area contributed by atoms with Crippen LogP contribution in [0.5, 0.6) is 5.75 Å². The number of nitrogens with one attached hydrogen (secondary N) is 3. The van der Waals surface area contributed by atoms with Gasteiger partial charge in [0.2, 0.25) is 5.91 Å². The number of rotatable bonds is 7. The van der Waals surface area contributed by atoms with E-state index in [9.17, 15) is 14.0 Å².